The Morgan fingerprint density at radius 1 is 1.24 bits per heavy atom. The van der Waals surface area contributed by atoms with Gasteiger partial charge in [0.05, 0.1) is 0 Å². The van der Waals surface area contributed by atoms with Crippen molar-refractivity contribution in [1.82, 2.24) is 10.2 Å². The first-order chi connectivity index (χ1) is 9.58. The van der Waals surface area contributed by atoms with Crippen LogP contribution in [0.4, 0.5) is 0 Å². The Balaban J connectivity index is 0.00000161. The van der Waals surface area contributed by atoms with Crippen LogP contribution in [0, 0.1) is 17.8 Å². The minimum absolute atomic E-state index is 0. The fourth-order valence-corrected chi connectivity index (χ4v) is 3.85. The van der Waals surface area contributed by atoms with E-state index in [0.29, 0.717) is 28.4 Å². The van der Waals surface area contributed by atoms with E-state index in [-0.39, 0.29) is 24.2 Å². The van der Waals surface area contributed by atoms with E-state index in [9.17, 15) is 4.79 Å². The average molecular weight is 350 g/mol. The number of likely N-dealkylation sites (tertiary alicyclic amines) is 1. The van der Waals surface area contributed by atoms with Crippen molar-refractivity contribution in [2.45, 2.75) is 13.5 Å². The molecule has 1 saturated heterocycles. The number of rotatable bonds is 4. The molecule has 6 heteroatoms. The standard InChI is InChI=1S/C15H18Cl2N2O.ClH/c1-2-19-7-12-13(8-19)14(12)15(20)18-6-9-3-10(16)5-11(17)4-9;/h3-5,12-14H,2,6-8H2,1H3,(H,18,20);1H. The molecule has 1 saturated carbocycles. The maximum Gasteiger partial charge on any atom is 0.224 e. The third-order valence-electron chi connectivity index (χ3n) is 4.41. The molecule has 2 fully saturated rings. The zero-order valence-electron chi connectivity index (χ0n) is 11.8. The smallest absolute Gasteiger partial charge is 0.224 e. The highest BCUT2D eigenvalue weighted by Crippen LogP contribution is 2.51. The van der Waals surface area contributed by atoms with Crippen LogP contribution in [0.2, 0.25) is 10.0 Å². The lowest BCUT2D eigenvalue weighted by Crippen LogP contribution is -2.31. The van der Waals surface area contributed by atoms with Crippen molar-refractivity contribution < 1.29 is 4.79 Å². The zero-order chi connectivity index (χ0) is 14.3. The highest BCUT2D eigenvalue weighted by molar-refractivity contribution is 6.34. The number of halogens is 3. The SMILES string of the molecule is CCN1CC2C(C1)C2C(=O)NCc1cc(Cl)cc(Cl)c1.Cl. The number of hydrogen-bond donors (Lipinski definition) is 1. The van der Waals surface area contributed by atoms with Gasteiger partial charge in [0.1, 0.15) is 0 Å². The number of carbonyl (C=O) groups is 1. The van der Waals surface area contributed by atoms with Crippen LogP contribution in [-0.4, -0.2) is 30.4 Å². The molecule has 2 atom stereocenters. The van der Waals surface area contributed by atoms with Crippen LogP contribution in [0.1, 0.15) is 12.5 Å². The van der Waals surface area contributed by atoms with Gasteiger partial charge in [0, 0.05) is 35.6 Å². The van der Waals surface area contributed by atoms with Gasteiger partial charge in [-0.1, -0.05) is 30.1 Å². The number of nitrogens with zero attached hydrogens (tertiary/aromatic N) is 1. The molecule has 1 amide bonds. The van der Waals surface area contributed by atoms with Crippen LogP contribution in [-0.2, 0) is 11.3 Å². The number of carbonyl (C=O) groups excluding carboxylic acids is 1. The first-order valence-electron chi connectivity index (χ1n) is 7.03. The Kier molecular flexibility index (Phi) is 5.42. The van der Waals surface area contributed by atoms with E-state index in [2.05, 4.69) is 17.1 Å². The average Bonchev–Trinajstić information content (AvgIpc) is 2.90. The maximum atomic E-state index is 12.2. The predicted octanol–water partition coefficient (Wildman–Crippen LogP) is 3.23. The maximum absolute atomic E-state index is 12.2. The van der Waals surface area contributed by atoms with Crippen molar-refractivity contribution in [2.75, 3.05) is 19.6 Å². The lowest BCUT2D eigenvalue weighted by molar-refractivity contribution is -0.123. The van der Waals surface area contributed by atoms with Crippen LogP contribution < -0.4 is 5.32 Å². The largest absolute Gasteiger partial charge is 0.352 e. The molecule has 0 bridgehead atoms. The van der Waals surface area contributed by atoms with Gasteiger partial charge in [-0.3, -0.25) is 4.79 Å². The summed E-state index contributed by atoms with van der Waals surface area (Å²) in [6.07, 6.45) is 0. The summed E-state index contributed by atoms with van der Waals surface area (Å²) in [7, 11) is 0. The molecular formula is C15H19Cl3N2O. The number of hydrogen-bond acceptors (Lipinski definition) is 2. The van der Waals surface area contributed by atoms with E-state index in [1.54, 1.807) is 6.07 Å². The van der Waals surface area contributed by atoms with E-state index in [1.807, 2.05) is 12.1 Å². The normalized spacial score (nSPS) is 26.9. The molecule has 21 heavy (non-hydrogen) atoms. The zero-order valence-corrected chi connectivity index (χ0v) is 14.1. The Bertz CT molecular complexity index is 505. The molecule has 0 aromatic heterocycles. The molecule has 1 aromatic rings. The van der Waals surface area contributed by atoms with Crippen molar-refractivity contribution in [3.63, 3.8) is 0 Å². The molecule has 1 heterocycles. The van der Waals surface area contributed by atoms with Crippen LogP contribution in [0.15, 0.2) is 18.2 Å². The Labute approximate surface area is 141 Å². The van der Waals surface area contributed by atoms with Crippen molar-refractivity contribution in [3.8, 4) is 0 Å². The van der Waals surface area contributed by atoms with Gasteiger partial charge in [0.25, 0.3) is 0 Å². The second-order valence-corrected chi connectivity index (χ2v) is 6.57. The summed E-state index contributed by atoms with van der Waals surface area (Å²) >= 11 is 11.9. The van der Waals surface area contributed by atoms with Crippen molar-refractivity contribution in [2.24, 2.45) is 17.8 Å². The molecule has 1 aromatic carbocycles. The van der Waals surface area contributed by atoms with E-state index < -0.39 is 0 Å². The lowest BCUT2D eigenvalue weighted by Gasteiger charge is -2.16. The first kappa shape index (κ1) is 16.9. The second-order valence-electron chi connectivity index (χ2n) is 5.70. The van der Waals surface area contributed by atoms with Gasteiger partial charge in [-0.2, -0.15) is 0 Å². The van der Waals surface area contributed by atoms with Gasteiger partial charge in [-0.05, 0) is 42.1 Å². The Morgan fingerprint density at radius 3 is 2.33 bits per heavy atom. The molecular weight excluding hydrogens is 331 g/mol. The summed E-state index contributed by atoms with van der Waals surface area (Å²) in [6.45, 7) is 5.89. The number of fused-ring (bicyclic) bond motifs is 1. The molecule has 2 unspecified atom stereocenters. The lowest BCUT2D eigenvalue weighted by atomic mass is 10.2. The van der Waals surface area contributed by atoms with Crippen LogP contribution in [0.25, 0.3) is 0 Å². The van der Waals surface area contributed by atoms with Crippen LogP contribution in [0.3, 0.4) is 0 Å². The fraction of sp³-hybridized carbons (Fsp3) is 0.533. The third kappa shape index (κ3) is 3.65. The van der Waals surface area contributed by atoms with E-state index in [1.165, 1.54) is 0 Å². The minimum Gasteiger partial charge on any atom is -0.352 e. The Hall–Kier alpha value is -0.480. The predicted molar refractivity (Wildman–Crippen MR) is 88.1 cm³/mol. The van der Waals surface area contributed by atoms with Crippen molar-refractivity contribution in [3.05, 3.63) is 33.8 Å². The molecule has 3 rings (SSSR count). The number of piperidine rings is 1. The highest BCUT2D eigenvalue weighted by Gasteiger charge is 2.58. The van der Waals surface area contributed by atoms with Gasteiger partial charge in [0.15, 0.2) is 0 Å². The number of amides is 1. The quantitative estimate of drug-likeness (QED) is 0.905. The fourth-order valence-electron chi connectivity index (χ4n) is 3.28. The van der Waals surface area contributed by atoms with E-state index >= 15 is 0 Å². The summed E-state index contributed by atoms with van der Waals surface area (Å²) < 4.78 is 0. The van der Waals surface area contributed by atoms with Gasteiger partial charge in [-0.15, -0.1) is 12.4 Å². The van der Waals surface area contributed by atoms with E-state index in [0.717, 1.165) is 25.2 Å². The molecule has 116 valence electrons. The molecule has 1 aliphatic carbocycles. The van der Waals surface area contributed by atoms with E-state index in [4.69, 9.17) is 23.2 Å². The third-order valence-corrected chi connectivity index (χ3v) is 4.85. The second kappa shape index (κ2) is 6.74. The molecule has 1 aliphatic heterocycles. The Morgan fingerprint density at radius 2 is 1.81 bits per heavy atom. The van der Waals surface area contributed by atoms with Gasteiger partial charge in [-0.25, -0.2) is 0 Å². The highest BCUT2D eigenvalue weighted by atomic mass is 35.5. The molecule has 0 spiro atoms. The summed E-state index contributed by atoms with van der Waals surface area (Å²) in [4.78, 5) is 14.6. The summed E-state index contributed by atoms with van der Waals surface area (Å²) in [6, 6.07) is 5.36. The van der Waals surface area contributed by atoms with Crippen LogP contribution >= 0.6 is 35.6 Å². The molecule has 0 radical (unpaired) electrons. The first-order valence-corrected chi connectivity index (χ1v) is 7.79. The van der Waals surface area contributed by atoms with Crippen LogP contribution in [0.5, 0.6) is 0 Å². The van der Waals surface area contributed by atoms with Gasteiger partial charge < -0.3 is 10.2 Å². The summed E-state index contributed by atoms with van der Waals surface area (Å²) in [5, 5.41) is 4.20. The van der Waals surface area contributed by atoms with Gasteiger partial charge in [0.2, 0.25) is 5.91 Å². The monoisotopic (exact) mass is 348 g/mol. The van der Waals surface area contributed by atoms with Gasteiger partial charge >= 0.3 is 0 Å². The molecule has 2 aliphatic rings. The number of benzene rings is 1. The molecule has 1 N–H and O–H groups in total. The van der Waals surface area contributed by atoms with Crippen molar-refractivity contribution in [1.29, 1.82) is 0 Å². The molecule has 3 nitrogen and oxygen atoms in total. The minimum atomic E-state index is 0. The van der Waals surface area contributed by atoms with Crippen molar-refractivity contribution >= 4 is 41.5 Å². The topological polar surface area (TPSA) is 32.3 Å². The summed E-state index contributed by atoms with van der Waals surface area (Å²) in [5.74, 6) is 1.52. The number of nitrogens with one attached hydrogen (secondary N) is 1. The summed E-state index contributed by atoms with van der Waals surface area (Å²) in [5.41, 5.74) is 0.942.